The van der Waals surface area contributed by atoms with Gasteiger partial charge in [0.05, 0.1) is 21.3 Å². The fourth-order valence-electron chi connectivity index (χ4n) is 3.86. The average Bonchev–Trinajstić information content (AvgIpc) is 3.26. The molecule has 180 valence electrons. The van der Waals surface area contributed by atoms with Gasteiger partial charge in [0.15, 0.2) is 6.17 Å². The van der Waals surface area contributed by atoms with E-state index in [2.05, 4.69) is 15.6 Å². The molecule has 2 fully saturated rings. The second kappa shape index (κ2) is 8.93. The predicted molar refractivity (Wildman–Crippen MR) is 111 cm³/mol. The molecular formula is C20H22F4N4O4S. The van der Waals surface area contributed by atoms with Crippen LogP contribution in [0.2, 0.25) is 0 Å². The molecular weight excluding hydrogens is 468 g/mol. The maximum atomic E-state index is 13.8. The number of nitrogens with zero attached hydrogens (tertiary/aromatic N) is 2. The van der Waals surface area contributed by atoms with Crippen molar-refractivity contribution in [3.05, 3.63) is 22.6 Å². The molecule has 2 atom stereocenters. The van der Waals surface area contributed by atoms with Crippen molar-refractivity contribution in [2.45, 2.75) is 43.4 Å². The van der Waals surface area contributed by atoms with Gasteiger partial charge in [0, 0.05) is 50.5 Å². The number of rotatable bonds is 5. The van der Waals surface area contributed by atoms with Gasteiger partial charge in [0.1, 0.15) is 12.2 Å². The summed E-state index contributed by atoms with van der Waals surface area (Å²) < 4.78 is 65.1. The maximum Gasteiger partial charge on any atom is 0.418 e. The number of alkyl halides is 4. The lowest BCUT2D eigenvalue weighted by Gasteiger charge is -2.35. The summed E-state index contributed by atoms with van der Waals surface area (Å²) in [7, 11) is 3.10. The van der Waals surface area contributed by atoms with Crippen LogP contribution in [0, 0.1) is 0 Å². The first kappa shape index (κ1) is 23.5. The molecule has 33 heavy (non-hydrogen) atoms. The molecule has 1 saturated carbocycles. The standard InChI is InChI=1S/C20H22F4N4O4S/c1-25-18(29)11-8-33-17-12(20(22,23)24)5-15(27-16(11)17)31-10-3-9(4-10)26-19(30)32-14-7-28(2)6-13(14)21/h5,8-10,13-14H,3-4,6-7H2,1-2H3,(H,25,29)(H,26,30)/t9?,10?,13-,14-/m1/s1. The lowest BCUT2D eigenvalue weighted by molar-refractivity contribution is -0.136. The van der Waals surface area contributed by atoms with Crippen molar-refractivity contribution in [1.29, 1.82) is 0 Å². The Morgan fingerprint density at radius 3 is 2.61 bits per heavy atom. The van der Waals surface area contributed by atoms with Crippen LogP contribution in [0.3, 0.4) is 0 Å². The molecule has 1 aliphatic carbocycles. The Balaban J connectivity index is 1.39. The molecule has 2 N–H and O–H groups in total. The summed E-state index contributed by atoms with van der Waals surface area (Å²) >= 11 is 0.789. The molecule has 0 spiro atoms. The van der Waals surface area contributed by atoms with Crippen molar-refractivity contribution in [2.75, 3.05) is 27.2 Å². The third-order valence-electron chi connectivity index (χ3n) is 5.62. The average molecular weight is 490 g/mol. The number of hydrogen-bond acceptors (Lipinski definition) is 7. The number of amides is 2. The molecule has 1 saturated heterocycles. The SMILES string of the molecule is CNC(=O)c1csc2c(C(F)(F)F)cc(OC3CC(NC(=O)O[C@@H]4CN(C)C[C@H]4F)C3)nc12. The monoisotopic (exact) mass is 490 g/mol. The van der Waals surface area contributed by atoms with Crippen LogP contribution in [0.25, 0.3) is 10.2 Å². The minimum absolute atomic E-state index is 0.0353. The highest BCUT2D eigenvalue weighted by atomic mass is 32.1. The minimum atomic E-state index is -4.65. The summed E-state index contributed by atoms with van der Waals surface area (Å²) in [6.07, 6.45) is -7.31. The van der Waals surface area contributed by atoms with Crippen molar-refractivity contribution in [1.82, 2.24) is 20.5 Å². The molecule has 2 aromatic rings. The summed E-state index contributed by atoms with van der Waals surface area (Å²) in [4.78, 5) is 29.9. The number of alkyl carbamates (subject to hydrolysis) is 1. The Labute approximate surface area is 190 Å². The highest BCUT2D eigenvalue weighted by molar-refractivity contribution is 7.17. The number of aromatic nitrogens is 1. The molecule has 4 rings (SSSR count). The first-order valence-electron chi connectivity index (χ1n) is 10.2. The van der Waals surface area contributed by atoms with Gasteiger partial charge >= 0.3 is 12.3 Å². The molecule has 0 bridgehead atoms. The van der Waals surface area contributed by atoms with E-state index in [-0.39, 0.29) is 34.2 Å². The number of likely N-dealkylation sites (N-methyl/N-ethyl adjacent to an activating group) is 1. The third-order valence-corrected chi connectivity index (χ3v) is 6.62. The second-order valence-corrected chi connectivity index (χ2v) is 9.03. The van der Waals surface area contributed by atoms with Crippen LogP contribution >= 0.6 is 11.3 Å². The number of ether oxygens (including phenoxy) is 2. The summed E-state index contributed by atoms with van der Waals surface area (Å²) in [5, 5.41) is 6.32. The molecule has 0 aromatic carbocycles. The molecule has 1 aliphatic heterocycles. The fraction of sp³-hybridized carbons (Fsp3) is 0.550. The molecule has 8 nitrogen and oxygen atoms in total. The van der Waals surface area contributed by atoms with Gasteiger partial charge in [-0.3, -0.25) is 9.69 Å². The van der Waals surface area contributed by atoms with Crippen molar-refractivity contribution in [3.63, 3.8) is 0 Å². The maximum absolute atomic E-state index is 13.8. The number of thiophene rings is 1. The number of nitrogens with one attached hydrogen (secondary N) is 2. The Kier molecular flexibility index (Phi) is 6.36. The molecule has 2 amide bonds. The van der Waals surface area contributed by atoms with Gasteiger partial charge in [-0.05, 0) is 7.05 Å². The van der Waals surface area contributed by atoms with E-state index in [9.17, 15) is 27.2 Å². The zero-order valence-corrected chi connectivity index (χ0v) is 18.6. The topological polar surface area (TPSA) is 92.8 Å². The van der Waals surface area contributed by atoms with E-state index >= 15 is 0 Å². The normalized spacial score (nSPS) is 25.5. The molecule has 0 radical (unpaired) electrons. The smallest absolute Gasteiger partial charge is 0.418 e. The zero-order chi connectivity index (χ0) is 23.9. The van der Waals surface area contributed by atoms with Crippen molar-refractivity contribution in [3.8, 4) is 5.88 Å². The first-order valence-corrected chi connectivity index (χ1v) is 11.1. The Morgan fingerprint density at radius 1 is 1.27 bits per heavy atom. The quantitative estimate of drug-likeness (QED) is 0.627. The number of likely N-dealkylation sites (tertiary alicyclic amines) is 1. The second-order valence-electron chi connectivity index (χ2n) is 8.15. The predicted octanol–water partition coefficient (Wildman–Crippen LogP) is 2.96. The number of fused-ring (bicyclic) bond motifs is 1. The van der Waals surface area contributed by atoms with Gasteiger partial charge in [0.25, 0.3) is 5.91 Å². The number of pyridine rings is 1. The molecule has 2 aliphatic rings. The van der Waals surface area contributed by atoms with Crippen LogP contribution in [0.4, 0.5) is 22.4 Å². The molecule has 0 unspecified atom stereocenters. The Hall–Kier alpha value is -2.67. The number of carbonyl (C=O) groups excluding carboxylic acids is 2. The highest BCUT2D eigenvalue weighted by Crippen LogP contribution is 2.40. The van der Waals surface area contributed by atoms with Crippen LogP contribution in [0.1, 0.15) is 28.8 Å². The van der Waals surface area contributed by atoms with Crippen molar-refractivity contribution < 1.29 is 36.6 Å². The molecule has 13 heteroatoms. The lowest BCUT2D eigenvalue weighted by Crippen LogP contribution is -2.50. The van der Waals surface area contributed by atoms with Crippen LogP contribution in [0.5, 0.6) is 5.88 Å². The summed E-state index contributed by atoms with van der Waals surface area (Å²) in [5.74, 6) is -0.798. The van der Waals surface area contributed by atoms with Crippen LogP contribution in [0.15, 0.2) is 11.4 Å². The zero-order valence-electron chi connectivity index (χ0n) is 17.7. The van der Waals surface area contributed by atoms with Gasteiger partial charge in [-0.15, -0.1) is 11.3 Å². The summed E-state index contributed by atoms with van der Waals surface area (Å²) in [6.45, 7) is 0.502. The van der Waals surface area contributed by atoms with Crippen LogP contribution in [-0.4, -0.2) is 73.5 Å². The van der Waals surface area contributed by atoms with Crippen LogP contribution < -0.4 is 15.4 Å². The van der Waals surface area contributed by atoms with Gasteiger partial charge in [-0.25, -0.2) is 14.2 Å². The Bertz CT molecular complexity index is 1060. The van der Waals surface area contributed by atoms with E-state index in [1.807, 2.05) is 0 Å². The fourth-order valence-corrected chi connectivity index (χ4v) is 4.89. The third kappa shape index (κ3) is 4.98. The van der Waals surface area contributed by atoms with Crippen molar-refractivity contribution in [2.24, 2.45) is 0 Å². The minimum Gasteiger partial charge on any atom is -0.474 e. The number of carbonyl (C=O) groups is 2. The van der Waals surface area contributed by atoms with Gasteiger partial charge in [-0.1, -0.05) is 0 Å². The number of hydrogen-bond donors (Lipinski definition) is 2. The number of halogens is 4. The van der Waals surface area contributed by atoms with Crippen molar-refractivity contribution >= 4 is 33.6 Å². The van der Waals surface area contributed by atoms with E-state index in [0.717, 1.165) is 17.4 Å². The van der Waals surface area contributed by atoms with E-state index in [1.54, 1.807) is 11.9 Å². The van der Waals surface area contributed by atoms with Gasteiger partial charge in [0.2, 0.25) is 5.88 Å². The van der Waals surface area contributed by atoms with E-state index in [1.165, 1.54) is 12.4 Å². The Morgan fingerprint density at radius 2 is 2.00 bits per heavy atom. The highest BCUT2D eigenvalue weighted by Gasteiger charge is 2.38. The largest absolute Gasteiger partial charge is 0.474 e. The summed E-state index contributed by atoms with van der Waals surface area (Å²) in [5.41, 5.74) is -0.973. The lowest BCUT2D eigenvalue weighted by atomic mass is 9.89. The van der Waals surface area contributed by atoms with E-state index in [0.29, 0.717) is 19.4 Å². The van der Waals surface area contributed by atoms with E-state index in [4.69, 9.17) is 9.47 Å². The van der Waals surface area contributed by atoms with Gasteiger partial charge in [-0.2, -0.15) is 13.2 Å². The molecule has 2 aromatic heterocycles. The van der Waals surface area contributed by atoms with Crippen LogP contribution in [-0.2, 0) is 10.9 Å². The van der Waals surface area contributed by atoms with E-state index < -0.39 is 42.1 Å². The molecule has 3 heterocycles. The van der Waals surface area contributed by atoms with Gasteiger partial charge < -0.3 is 20.1 Å². The summed E-state index contributed by atoms with van der Waals surface area (Å²) in [6, 6.07) is 0.507. The first-order chi connectivity index (χ1) is 15.5.